The van der Waals surface area contributed by atoms with E-state index < -0.39 is 0 Å². The summed E-state index contributed by atoms with van der Waals surface area (Å²) in [6.45, 7) is 4.07. The minimum absolute atomic E-state index is 0.988. The summed E-state index contributed by atoms with van der Waals surface area (Å²) in [6.07, 6.45) is 0. The van der Waals surface area contributed by atoms with E-state index in [1.807, 2.05) is 25.1 Å². The minimum Gasteiger partial charge on any atom is -0.278 e. The van der Waals surface area contributed by atoms with Crippen LogP contribution in [0.3, 0.4) is 0 Å². The lowest BCUT2D eigenvalue weighted by Crippen LogP contribution is -1.97. The first kappa shape index (κ1) is 12.3. The van der Waals surface area contributed by atoms with Gasteiger partial charge >= 0.3 is 0 Å². The van der Waals surface area contributed by atoms with E-state index in [1.165, 1.54) is 5.56 Å². The zero-order chi connectivity index (χ0) is 12.3. The van der Waals surface area contributed by atoms with Gasteiger partial charge < -0.3 is 0 Å². The number of hydrogen-bond donors (Lipinski definition) is 1. The fraction of sp³-hybridized carbons (Fsp3) is 0.154. The van der Waals surface area contributed by atoms with Crippen molar-refractivity contribution in [3.8, 4) is 0 Å². The molecule has 0 fully saturated rings. The highest BCUT2D eigenvalue weighted by Crippen LogP contribution is 2.22. The summed E-state index contributed by atoms with van der Waals surface area (Å²) in [5.74, 6) is 0. The third-order valence-electron chi connectivity index (χ3n) is 2.30. The molecule has 0 saturated heterocycles. The molecule has 1 heterocycles. The average Bonchev–Trinajstić information content (AvgIpc) is 2.73. The highest BCUT2D eigenvalue weighted by molar-refractivity contribution is 9.11. The summed E-state index contributed by atoms with van der Waals surface area (Å²) >= 11 is 5.13. The van der Waals surface area contributed by atoms with Gasteiger partial charge in [0.05, 0.1) is 20.1 Å². The second-order valence-electron chi connectivity index (χ2n) is 3.78. The predicted molar refractivity (Wildman–Crippen MR) is 79.0 cm³/mol. The topological polar surface area (TPSA) is 24.4 Å². The van der Waals surface area contributed by atoms with Crippen LogP contribution in [0.5, 0.6) is 0 Å². The Balaban J connectivity index is 2.10. The first-order valence-electron chi connectivity index (χ1n) is 5.28. The van der Waals surface area contributed by atoms with Crippen LogP contribution in [0.25, 0.3) is 0 Å². The van der Waals surface area contributed by atoms with Crippen molar-refractivity contribution in [2.24, 2.45) is 5.10 Å². The second-order valence-corrected chi connectivity index (χ2v) is 6.25. The number of thiophene rings is 1. The Kier molecular flexibility index (Phi) is 3.97. The van der Waals surface area contributed by atoms with Gasteiger partial charge in [0.25, 0.3) is 0 Å². The first-order valence-corrected chi connectivity index (χ1v) is 6.89. The number of aryl methyl sites for hydroxylation is 1. The van der Waals surface area contributed by atoms with Gasteiger partial charge in [0, 0.05) is 0 Å². The molecule has 0 amide bonds. The summed E-state index contributed by atoms with van der Waals surface area (Å²) in [5.41, 5.74) is 6.30. The van der Waals surface area contributed by atoms with Crippen molar-refractivity contribution in [1.82, 2.24) is 0 Å². The number of hydrogen-bond acceptors (Lipinski definition) is 3. The third kappa shape index (κ3) is 3.41. The lowest BCUT2D eigenvalue weighted by molar-refractivity contribution is 1.31. The van der Waals surface area contributed by atoms with Crippen LogP contribution in [0.4, 0.5) is 5.69 Å². The molecule has 2 aromatic rings. The van der Waals surface area contributed by atoms with E-state index in [0.29, 0.717) is 0 Å². The molecule has 1 aromatic heterocycles. The average molecular weight is 309 g/mol. The summed E-state index contributed by atoms with van der Waals surface area (Å²) in [7, 11) is 0. The van der Waals surface area contributed by atoms with Gasteiger partial charge in [0.1, 0.15) is 0 Å². The molecule has 0 aliphatic rings. The molecule has 0 unspecified atom stereocenters. The molecule has 0 saturated carbocycles. The largest absolute Gasteiger partial charge is 0.278 e. The number of halogens is 1. The molecular formula is C13H13BrN2S. The van der Waals surface area contributed by atoms with Crippen LogP contribution in [0.2, 0.25) is 0 Å². The van der Waals surface area contributed by atoms with Crippen molar-refractivity contribution in [2.75, 3.05) is 5.43 Å². The van der Waals surface area contributed by atoms with Gasteiger partial charge in [0.15, 0.2) is 0 Å². The SMILES string of the molecule is C/C(=N/Nc1cccc(C)c1)c1ccc(Br)s1. The molecule has 1 N–H and O–H groups in total. The standard InChI is InChI=1S/C13H13BrN2S/c1-9-4-3-5-11(8-9)16-15-10(2)12-6-7-13(14)17-12/h3-8,16H,1-2H3/b15-10-. The summed E-state index contributed by atoms with van der Waals surface area (Å²) < 4.78 is 1.12. The molecule has 0 radical (unpaired) electrons. The van der Waals surface area contributed by atoms with Gasteiger partial charge in [-0.1, -0.05) is 12.1 Å². The molecule has 88 valence electrons. The Morgan fingerprint density at radius 1 is 1.29 bits per heavy atom. The van der Waals surface area contributed by atoms with Crippen LogP contribution < -0.4 is 5.43 Å². The maximum Gasteiger partial charge on any atom is 0.0748 e. The Morgan fingerprint density at radius 2 is 2.12 bits per heavy atom. The molecule has 2 nitrogen and oxygen atoms in total. The number of hydrazone groups is 1. The van der Waals surface area contributed by atoms with E-state index >= 15 is 0 Å². The molecule has 4 heteroatoms. The molecule has 0 bridgehead atoms. The van der Waals surface area contributed by atoms with Gasteiger partial charge in [-0.05, 0) is 59.6 Å². The van der Waals surface area contributed by atoms with Crippen molar-refractivity contribution in [2.45, 2.75) is 13.8 Å². The monoisotopic (exact) mass is 308 g/mol. The van der Waals surface area contributed by atoms with Crippen molar-refractivity contribution in [3.05, 3.63) is 50.6 Å². The quantitative estimate of drug-likeness (QED) is 0.647. The maximum absolute atomic E-state index is 4.38. The normalized spacial score (nSPS) is 11.6. The first-order chi connectivity index (χ1) is 8.15. The Hall–Kier alpha value is -1.13. The van der Waals surface area contributed by atoms with Crippen molar-refractivity contribution in [3.63, 3.8) is 0 Å². The zero-order valence-corrected chi connectivity index (χ0v) is 12.1. The van der Waals surface area contributed by atoms with Gasteiger partial charge in [0.2, 0.25) is 0 Å². The second kappa shape index (κ2) is 5.47. The van der Waals surface area contributed by atoms with Crippen molar-refractivity contribution >= 4 is 38.7 Å². The van der Waals surface area contributed by atoms with Gasteiger partial charge in [-0.25, -0.2) is 0 Å². The fourth-order valence-corrected chi connectivity index (χ4v) is 2.76. The molecule has 0 aliphatic carbocycles. The lowest BCUT2D eigenvalue weighted by Gasteiger charge is -2.02. The van der Waals surface area contributed by atoms with Crippen LogP contribution in [-0.4, -0.2) is 5.71 Å². The van der Waals surface area contributed by atoms with Crippen molar-refractivity contribution in [1.29, 1.82) is 0 Å². The van der Waals surface area contributed by atoms with Crippen LogP contribution in [0, 0.1) is 6.92 Å². The number of benzene rings is 1. The van der Waals surface area contributed by atoms with Crippen LogP contribution >= 0.6 is 27.3 Å². The van der Waals surface area contributed by atoms with Crippen molar-refractivity contribution < 1.29 is 0 Å². The molecule has 2 rings (SSSR count). The Labute approximate surface area is 114 Å². The molecular weight excluding hydrogens is 296 g/mol. The molecule has 0 aliphatic heterocycles. The highest BCUT2D eigenvalue weighted by Gasteiger charge is 2.01. The maximum atomic E-state index is 4.38. The lowest BCUT2D eigenvalue weighted by atomic mass is 10.2. The van der Waals surface area contributed by atoms with E-state index in [4.69, 9.17) is 0 Å². The van der Waals surface area contributed by atoms with E-state index in [1.54, 1.807) is 11.3 Å². The molecule has 0 atom stereocenters. The smallest absolute Gasteiger partial charge is 0.0748 e. The molecule has 0 spiro atoms. The summed E-state index contributed by atoms with van der Waals surface area (Å²) in [4.78, 5) is 1.16. The molecule has 17 heavy (non-hydrogen) atoms. The summed E-state index contributed by atoms with van der Waals surface area (Å²) in [6, 6.07) is 12.3. The minimum atomic E-state index is 0.988. The van der Waals surface area contributed by atoms with Crippen LogP contribution in [0.15, 0.2) is 45.3 Å². The number of nitrogens with one attached hydrogen (secondary N) is 1. The van der Waals surface area contributed by atoms with Gasteiger partial charge in [-0.2, -0.15) is 5.10 Å². The van der Waals surface area contributed by atoms with Crippen LogP contribution in [-0.2, 0) is 0 Å². The van der Waals surface area contributed by atoms with E-state index in [2.05, 4.69) is 51.6 Å². The summed E-state index contributed by atoms with van der Waals surface area (Å²) in [5, 5.41) is 4.38. The Morgan fingerprint density at radius 3 is 2.76 bits per heavy atom. The van der Waals surface area contributed by atoms with E-state index in [0.717, 1.165) is 20.1 Å². The Bertz CT molecular complexity index is 546. The van der Waals surface area contributed by atoms with E-state index in [-0.39, 0.29) is 0 Å². The predicted octanol–water partition coefficient (Wildman–Crippen LogP) is 4.66. The zero-order valence-electron chi connectivity index (χ0n) is 9.70. The number of nitrogens with zero attached hydrogens (tertiary/aromatic N) is 1. The van der Waals surface area contributed by atoms with Crippen LogP contribution in [0.1, 0.15) is 17.4 Å². The fourth-order valence-electron chi connectivity index (χ4n) is 1.43. The number of rotatable bonds is 3. The molecule has 1 aromatic carbocycles. The van der Waals surface area contributed by atoms with E-state index in [9.17, 15) is 0 Å². The third-order valence-corrected chi connectivity index (χ3v) is 4.03. The number of anilines is 1. The van der Waals surface area contributed by atoms with Gasteiger partial charge in [-0.15, -0.1) is 11.3 Å². The van der Waals surface area contributed by atoms with Gasteiger partial charge in [-0.3, -0.25) is 5.43 Å². The highest BCUT2D eigenvalue weighted by atomic mass is 79.9.